The summed E-state index contributed by atoms with van der Waals surface area (Å²) in [6.07, 6.45) is 5.67. The average Bonchev–Trinajstić information content (AvgIpc) is 2.50. The first kappa shape index (κ1) is 15.0. The van der Waals surface area contributed by atoms with E-state index in [-0.39, 0.29) is 11.3 Å². The number of aromatic hydroxyl groups is 1. The largest absolute Gasteiger partial charge is 0.499 e. The number of hydrogen-bond acceptors (Lipinski definition) is 5. The molecule has 0 saturated heterocycles. The molecule has 0 atom stereocenters. The number of hydrogen-bond donors (Lipinski definition) is 1. The quantitative estimate of drug-likeness (QED) is 0.502. The van der Waals surface area contributed by atoms with Crippen molar-refractivity contribution in [3.05, 3.63) is 40.8 Å². The smallest absolute Gasteiger partial charge is 0.382 e. The lowest BCUT2D eigenvalue weighted by Crippen LogP contribution is -2.05. The van der Waals surface area contributed by atoms with E-state index in [4.69, 9.17) is 13.9 Å². The molecule has 0 aliphatic heterocycles. The maximum absolute atomic E-state index is 11.7. The van der Waals surface area contributed by atoms with Crippen LogP contribution in [0.3, 0.4) is 0 Å². The second-order valence-electron chi connectivity index (χ2n) is 4.42. The first-order valence-electron chi connectivity index (χ1n) is 6.79. The van der Waals surface area contributed by atoms with Gasteiger partial charge >= 0.3 is 5.63 Å². The van der Waals surface area contributed by atoms with Gasteiger partial charge in [-0.2, -0.15) is 0 Å². The van der Waals surface area contributed by atoms with Crippen LogP contribution in [0.5, 0.6) is 17.2 Å². The van der Waals surface area contributed by atoms with Crippen LogP contribution in [-0.2, 0) is 0 Å². The summed E-state index contributed by atoms with van der Waals surface area (Å²) >= 11 is 0. The molecule has 5 nitrogen and oxygen atoms in total. The molecule has 0 amide bonds. The highest BCUT2D eigenvalue weighted by Gasteiger charge is 2.17. The fourth-order valence-electron chi connectivity index (χ4n) is 1.98. The summed E-state index contributed by atoms with van der Waals surface area (Å²) in [5, 5.41) is 10.4. The van der Waals surface area contributed by atoms with Crippen molar-refractivity contribution in [2.45, 2.75) is 19.8 Å². The molecule has 1 heterocycles. The maximum atomic E-state index is 11.7. The van der Waals surface area contributed by atoms with Gasteiger partial charge in [0.2, 0.25) is 5.75 Å². The highest BCUT2D eigenvalue weighted by atomic mass is 16.5. The molecule has 112 valence electrons. The van der Waals surface area contributed by atoms with E-state index < -0.39 is 11.4 Å². The summed E-state index contributed by atoms with van der Waals surface area (Å²) in [5.41, 5.74) is -0.576. The zero-order valence-corrected chi connectivity index (χ0v) is 12.1. The van der Waals surface area contributed by atoms with E-state index in [1.807, 2.05) is 19.1 Å². The van der Waals surface area contributed by atoms with Gasteiger partial charge in [-0.3, -0.25) is 0 Å². The Morgan fingerprint density at radius 2 is 2.14 bits per heavy atom. The second-order valence-corrected chi connectivity index (χ2v) is 4.42. The Labute approximate surface area is 122 Å². The highest BCUT2D eigenvalue weighted by molar-refractivity contribution is 5.89. The van der Waals surface area contributed by atoms with E-state index in [2.05, 4.69) is 0 Å². The Morgan fingerprint density at radius 3 is 2.86 bits per heavy atom. The topological polar surface area (TPSA) is 68.9 Å². The molecule has 1 N–H and O–H groups in total. The van der Waals surface area contributed by atoms with Gasteiger partial charge in [-0.25, -0.2) is 4.79 Å². The van der Waals surface area contributed by atoms with Crippen molar-refractivity contribution in [3.63, 3.8) is 0 Å². The number of benzene rings is 1. The zero-order chi connectivity index (χ0) is 15.2. The fraction of sp³-hybridized carbons (Fsp3) is 0.312. The van der Waals surface area contributed by atoms with Crippen molar-refractivity contribution in [2.24, 2.45) is 0 Å². The Hall–Kier alpha value is -2.43. The molecule has 0 fully saturated rings. The lowest BCUT2D eigenvalue weighted by atomic mass is 10.2. The van der Waals surface area contributed by atoms with Gasteiger partial charge in [-0.1, -0.05) is 25.1 Å². The molecule has 0 spiro atoms. The van der Waals surface area contributed by atoms with Crippen LogP contribution in [0.2, 0.25) is 0 Å². The van der Waals surface area contributed by atoms with Crippen LogP contribution >= 0.6 is 0 Å². The minimum Gasteiger partial charge on any atom is -0.499 e. The fourth-order valence-corrected chi connectivity index (χ4v) is 1.98. The zero-order valence-electron chi connectivity index (χ0n) is 12.1. The molecule has 1 aromatic carbocycles. The van der Waals surface area contributed by atoms with Crippen LogP contribution in [0.25, 0.3) is 11.0 Å². The standard InChI is InChI=1S/C16H18O5/c1-3-4-5-6-10-20-15-11-8-7-9-12(19-2)14(11)21-16(18)13(15)17/h4-5,7-9,17H,3,6,10H2,1-2H3/b5-4+. The molecule has 0 bridgehead atoms. The first-order valence-corrected chi connectivity index (χ1v) is 6.79. The van der Waals surface area contributed by atoms with E-state index in [0.717, 1.165) is 6.42 Å². The average molecular weight is 290 g/mol. The minimum atomic E-state index is -0.842. The van der Waals surface area contributed by atoms with Crippen LogP contribution in [0.1, 0.15) is 19.8 Å². The lowest BCUT2D eigenvalue weighted by molar-refractivity contribution is 0.300. The number of ether oxygens (including phenoxy) is 2. The van der Waals surface area contributed by atoms with E-state index in [9.17, 15) is 9.90 Å². The Bertz CT molecular complexity index is 700. The monoisotopic (exact) mass is 290 g/mol. The number of rotatable bonds is 6. The molecule has 0 radical (unpaired) electrons. The van der Waals surface area contributed by atoms with Gasteiger partial charge in [-0.05, 0) is 25.0 Å². The molecule has 2 aromatic rings. The molecule has 0 saturated carbocycles. The predicted octanol–water partition coefficient (Wildman–Crippen LogP) is 3.24. The van der Waals surface area contributed by atoms with Crippen molar-refractivity contribution < 1.29 is 19.0 Å². The number of methoxy groups -OCH3 is 1. The van der Waals surface area contributed by atoms with Crippen molar-refractivity contribution >= 4 is 11.0 Å². The van der Waals surface area contributed by atoms with E-state index in [0.29, 0.717) is 24.2 Å². The molecular weight excluding hydrogens is 272 g/mol. The number of fused-ring (bicyclic) bond motifs is 1. The molecule has 0 unspecified atom stereocenters. The molecule has 2 rings (SSSR count). The number of para-hydroxylation sites is 1. The van der Waals surface area contributed by atoms with Crippen molar-refractivity contribution in [2.75, 3.05) is 13.7 Å². The van der Waals surface area contributed by atoms with Gasteiger partial charge in [0.15, 0.2) is 17.1 Å². The van der Waals surface area contributed by atoms with E-state index in [1.54, 1.807) is 18.2 Å². The SMILES string of the molecule is CC/C=C/CCOc1c(O)c(=O)oc2c(OC)cccc12. The Kier molecular flexibility index (Phi) is 4.87. The maximum Gasteiger partial charge on any atom is 0.382 e. The van der Waals surface area contributed by atoms with Crippen LogP contribution in [0, 0.1) is 0 Å². The van der Waals surface area contributed by atoms with Gasteiger partial charge in [-0.15, -0.1) is 0 Å². The molecular formula is C16H18O5. The molecule has 0 aliphatic rings. The van der Waals surface area contributed by atoms with Crippen LogP contribution < -0.4 is 15.1 Å². The Balaban J connectivity index is 2.39. The van der Waals surface area contributed by atoms with Gasteiger partial charge in [0, 0.05) is 0 Å². The normalized spacial score (nSPS) is 11.1. The minimum absolute atomic E-state index is 0.130. The Morgan fingerprint density at radius 1 is 1.33 bits per heavy atom. The van der Waals surface area contributed by atoms with Crippen molar-refractivity contribution in [1.29, 1.82) is 0 Å². The second kappa shape index (κ2) is 6.83. The summed E-state index contributed by atoms with van der Waals surface area (Å²) < 4.78 is 15.8. The molecule has 5 heteroatoms. The van der Waals surface area contributed by atoms with Crippen LogP contribution in [0.15, 0.2) is 39.6 Å². The molecule has 0 aliphatic carbocycles. The molecule has 1 aromatic heterocycles. The predicted molar refractivity (Wildman–Crippen MR) is 80.2 cm³/mol. The van der Waals surface area contributed by atoms with Crippen LogP contribution in [-0.4, -0.2) is 18.8 Å². The van der Waals surface area contributed by atoms with Crippen LogP contribution in [0.4, 0.5) is 0 Å². The summed E-state index contributed by atoms with van der Waals surface area (Å²) in [5.74, 6) is 0.0283. The van der Waals surface area contributed by atoms with Gasteiger partial charge in [0.1, 0.15) is 0 Å². The van der Waals surface area contributed by atoms with E-state index in [1.165, 1.54) is 7.11 Å². The first-order chi connectivity index (χ1) is 10.2. The third-order valence-electron chi connectivity index (χ3n) is 2.98. The van der Waals surface area contributed by atoms with Gasteiger partial charge in [0.25, 0.3) is 0 Å². The summed E-state index contributed by atoms with van der Waals surface area (Å²) in [6.45, 7) is 2.41. The van der Waals surface area contributed by atoms with E-state index >= 15 is 0 Å². The van der Waals surface area contributed by atoms with Crippen molar-refractivity contribution in [3.8, 4) is 17.2 Å². The summed E-state index contributed by atoms with van der Waals surface area (Å²) in [4.78, 5) is 11.7. The van der Waals surface area contributed by atoms with Gasteiger partial charge in [0.05, 0.1) is 19.1 Å². The summed E-state index contributed by atoms with van der Waals surface area (Å²) in [7, 11) is 1.48. The third kappa shape index (κ3) is 3.18. The third-order valence-corrected chi connectivity index (χ3v) is 2.98. The number of allylic oxidation sites excluding steroid dienone is 1. The summed E-state index contributed by atoms with van der Waals surface area (Å²) in [6, 6.07) is 5.12. The molecule has 21 heavy (non-hydrogen) atoms. The van der Waals surface area contributed by atoms with Gasteiger partial charge < -0.3 is 19.0 Å². The van der Waals surface area contributed by atoms with Crippen molar-refractivity contribution in [1.82, 2.24) is 0 Å². The lowest BCUT2D eigenvalue weighted by Gasteiger charge is -2.10. The highest BCUT2D eigenvalue weighted by Crippen LogP contribution is 2.35.